The fourth-order valence-corrected chi connectivity index (χ4v) is 4.03. The number of H-pyrrole nitrogens is 1. The van der Waals surface area contributed by atoms with Gasteiger partial charge in [0.25, 0.3) is 0 Å². The molecule has 1 N–H and O–H groups in total. The van der Waals surface area contributed by atoms with Crippen LogP contribution in [0.3, 0.4) is 0 Å². The lowest BCUT2D eigenvalue weighted by Gasteiger charge is -2.31. The van der Waals surface area contributed by atoms with Crippen molar-refractivity contribution in [2.24, 2.45) is 5.92 Å². The third-order valence-corrected chi connectivity index (χ3v) is 5.88. The molecule has 1 aliphatic heterocycles. The molecule has 1 saturated heterocycles. The minimum atomic E-state index is 0.305. The van der Waals surface area contributed by atoms with Gasteiger partial charge in [-0.05, 0) is 25.3 Å². The van der Waals surface area contributed by atoms with Crippen LogP contribution in [0.5, 0.6) is 0 Å². The highest BCUT2D eigenvalue weighted by Crippen LogP contribution is 2.30. The summed E-state index contributed by atoms with van der Waals surface area (Å²) in [7, 11) is 0. The molecule has 2 heterocycles. The Bertz CT molecular complexity index is 737. The number of fused-ring (bicyclic) bond motifs is 1. The van der Waals surface area contributed by atoms with E-state index in [-0.39, 0.29) is 0 Å². The lowest BCUT2D eigenvalue weighted by Crippen LogP contribution is -2.41. The second-order valence-electron chi connectivity index (χ2n) is 7.05. The predicted molar refractivity (Wildman–Crippen MR) is 97.1 cm³/mol. The van der Waals surface area contributed by atoms with E-state index in [4.69, 9.17) is 11.6 Å². The second kappa shape index (κ2) is 6.77. The fourth-order valence-electron chi connectivity index (χ4n) is 3.76. The zero-order chi connectivity index (χ0) is 16.5. The fraction of sp³-hybridized carbons (Fsp3) is 0.526. The van der Waals surface area contributed by atoms with E-state index in [9.17, 15) is 4.79 Å². The highest BCUT2D eigenvalue weighted by Gasteiger charge is 2.30. The van der Waals surface area contributed by atoms with Crippen LogP contribution < -0.4 is 0 Å². The van der Waals surface area contributed by atoms with Crippen molar-refractivity contribution in [3.05, 3.63) is 35.0 Å². The van der Waals surface area contributed by atoms with E-state index in [1.165, 1.54) is 6.42 Å². The zero-order valence-electron chi connectivity index (χ0n) is 13.9. The first-order valence-electron chi connectivity index (χ1n) is 8.98. The Kier molecular flexibility index (Phi) is 4.51. The van der Waals surface area contributed by atoms with Gasteiger partial charge in [-0.3, -0.25) is 9.69 Å². The number of aromatic amines is 1. The number of para-hydroxylation sites is 1. The first kappa shape index (κ1) is 16.0. The molecule has 0 unspecified atom stereocenters. The van der Waals surface area contributed by atoms with Crippen molar-refractivity contribution in [2.45, 2.75) is 32.2 Å². The molecule has 1 amide bonds. The summed E-state index contributed by atoms with van der Waals surface area (Å²) < 4.78 is 0. The summed E-state index contributed by atoms with van der Waals surface area (Å²) in [5.41, 5.74) is 2.17. The lowest BCUT2D eigenvalue weighted by molar-refractivity contribution is -0.138. The molecule has 2 fully saturated rings. The largest absolute Gasteiger partial charge is 0.356 e. The molecule has 1 aromatic heterocycles. The Hall–Kier alpha value is -1.52. The van der Waals surface area contributed by atoms with Gasteiger partial charge in [0.15, 0.2) is 0 Å². The number of nitrogens with one attached hydrogen (secondary N) is 1. The maximum atomic E-state index is 12.4. The number of carbonyl (C=O) groups is 1. The number of hydrogen-bond acceptors (Lipinski definition) is 2. The van der Waals surface area contributed by atoms with E-state index in [0.717, 1.165) is 73.6 Å². The maximum Gasteiger partial charge on any atom is 0.225 e. The van der Waals surface area contributed by atoms with E-state index in [0.29, 0.717) is 11.8 Å². The van der Waals surface area contributed by atoms with Crippen LogP contribution in [0.4, 0.5) is 0 Å². The van der Waals surface area contributed by atoms with Gasteiger partial charge in [0.2, 0.25) is 5.91 Å². The number of benzene rings is 1. The molecule has 0 spiro atoms. The molecule has 24 heavy (non-hydrogen) atoms. The van der Waals surface area contributed by atoms with Crippen LogP contribution in [0.15, 0.2) is 24.3 Å². The van der Waals surface area contributed by atoms with Crippen molar-refractivity contribution in [3.8, 4) is 0 Å². The summed E-state index contributed by atoms with van der Waals surface area (Å²) in [4.78, 5) is 20.4. The molecule has 1 aromatic carbocycles. The number of hydrogen-bond donors (Lipinski definition) is 1. The van der Waals surface area contributed by atoms with Gasteiger partial charge in [-0.25, -0.2) is 0 Å². The first-order chi connectivity index (χ1) is 11.7. The monoisotopic (exact) mass is 345 g/mol. The summed E-state index contributed by atoms with van der Waals surface area (Å²) >= 11 is 6.54. The van der Waals surface area contributed by atoms with Crippen molar-refractivity contribution in [1.29, 1.82) is 0 Å². The number of amides is 1. The van der Waals surface area contributed by atoms with E-state index in [2.05, 4.69) is 26.9 Å². The molecular weight excluding hydrogens is 322 g/mol. The van der Waals surface area contributed by atoms with Crippen LogP contribution in [0.2, 0.25) is 5.02 Å². The molecule has 4 rings (SSSR count). The molecule has 2 aromatic rings. The molecule has 128 valence electrons. The van der Waals surface area contributed by atoms with Crippen LogP contribution in [0.1, 0.15) is 31.4 Å². The highest BCUT2D eigenvalue weighted by molar-refractivity contribution is 6.36. The summed E-state index contributed by atoms with van der Waals surface area (Å²) in [5, 5.41) is 1.92. The molecule has 1 aliphatic carbocycles. The highest BCUT2D eigenvalue weighted by atomic mass is 35.5. The molecule has 5 heteroatoms. The topological polar surface area (TPSA) is 39.3 Å². The maximum absolute atomic E-state index is 12.4. The molecule has 0 bridgehead atoms. The van der Waals surface area contributed by atoms with Gasteiger partial charge in [-0.15, -0.1) is 0 Å². The molecule has 4 nitrogen and oxygen atoms in total. The smallest absolute Gasteiger partial charge is 0.225 e. The number of halogens is 1. The van der Waals surface area contributed by atoms with Crippen molar-refractivity contribution >= 4 is 28.4 Å². The lowest BCUT2D eigenvalue weighted by atomic mass is 9.84. The third kappa shape index (κ3) is 3.05. The Morgan fingerprint density at radius 3 is 2.71 bits per heavy atom. The van der Waals surface area contributed by atoms with Gasteiger partial charge in [0.1, 0.15) is 0 Å². The number of aromatic nitrogens is 1. The molecule has 2 aliphatic rings. The predicted octanol–water partition coefficient (Wildman–Crippen LogP) is 3.66. The van der Waals surface area contributed by atoms with Gasteiger partial charge < -0.3 is 9.88 Å². The van der Waals surface area contributed by atoms with Crippen molar-refractivity contribution in [1.82, 2.24) is 14.8 Å². The van der Waals surface area contributed by atoms with Crippen LogP contribution >= 0.6 is 11.6 Å². The van der Waals surface area contributed by atoms with Crippen LogP contribution in [-0.2, 0) is 11.3 Å². The molecular formula is C19H24ClN3O. The zero-order valence-corrected chi connectivity index (χ0v) is 14.7. The van der Waals surface area contributed by atoms with Gasteiger partial charge in [-0.2, -0.15) is 0 Å². The number of nitrogens with zero attached hydrogens (tertiary/aromatic N) is 2. The van der Waals surface area contributed by atoms with E-state index in [1.54, 1.807) is 0 Å². The Morgan fingerprint density at radius 2 is 1.96 bits per heavy atom. The van der Waals surface area contributed by atoms with Crippen LogP contribution in [0.25, 0.3) is 10.9 Å². The standard InChI is InChI=1S/C19H24ClN3O/c20-18-15-7-1-2-8-16(15)21-17(18)13-22-9-4-10-23(12-11-22)19(24)14-5-3-6-14/h1-2,7-8,14,21H,3-6,9-13H2. The first-order valence-corrected chi connectivity index (χ1v) is 9.36. The average Bonchev–Trinajstić information content (AvgIpc) is 2.71. The van der Waals surface area contributed by atoms with Crippen LogP contribution in [0, 0.1) is 5.92 Å². The second-order valence-corrected chi connectivity index (χ2v) is 7.42. The Labute approximate surface area is 147 Å². The minimum absolute atomic E-state index is 0.305. The van der Waals surface area contributed by atoms with Crippen LogP contribution in [-0.4, -0.2) is 46.9 Å². The SMILES string of the molecule is O=C(C1CCC1)N1CCCN(Cc2[nH]c3ccccc3c2Cl)CC1. The third-order valence-electron chi connectivity index (χ3n) is 5.45. The summed E-state index contributed by atoms with van der Waals surface area (Å²) in [6.45, 7) is 4.49. The average molecular weight is 346 g/mol. The quantitative estimate of drug-likeness (QED) is 0.922. The Morgan fingerprint density at radius 1 is 1.12 bits per heavy atom. The van der Waals surface area contributed by atoms with Crippen molar-refractivity contribution < 1.29 is 4.79 Å². The summed E-state index contributed by atoms with van der Waals surface area (Å²) in [5.74, 6) is 0.687. The summed E-state index contributed by atoms with van der Waals surface area (Å²) in [6, 6.07) is 8.15. The van der Waals surface area contributed by atoms with Gasteiger partial charge in [0.05, 0.1) is 5.02 Å². The number of carbonyl (C=O) groups excluding carboxylic acids is 1. The van der Waals surface area contributed by atoms with Crippen molar-refractivity contribution in [2.75, 3.05) is 26.2 Å². The molecule has 0 radical (unpaired) electrons. The van der Waals surface area contributed by atoms with E-state index >= 15 is 0 Å². The number of rotatable bonds is 3. The van der Waals surface area contributed by atoms with Gasteiger partial charge in [0, 0.05) is 55.2 Å². The molecule has 1 saturated carbocycles. The van der Waals surface area contributed by atoms with E-state index < -0.39 is 0 Å². The molecule has 0 atom stereocenters. The normalized spacial score (nSPS) is 20.1. The Balaban J connectivity index is 1.41. The van der Waals surface area contributed by atoms with Gasteiger partial charge >= 0.3 is 0 Å². The summed E-state index contributed by atoms with van der Waals surface area (Å²) in [6.07, 6.45) is 4.43. The van der Waals surface area contributed by atoms with E-state index in [1.807, 2.05) is 12.1 Å². The van der Waals surface area contributed by atoms with Gasteiger partial charge in [-0.1, -0.05) is 36.2 Å². The van der Waals surface area contributed by atoms with Crippen molar-refractivity contribution in [3.63, 3.8) is 0 Å². The minimum Gasteiger partial charge on any atom is -0.356 e.